The van der Waals surface area contributed by atoms with Crippen LogP contribution in [0.3, 0.4) is 0 Å². The van der Waals surface area contributed by atoms with Crippen LogP contribution in [0.15, 0.2) is 42.6 Å². The largest absolute Gasteiger partial charge is 0.481 e. The Hall–Kier alpha value is -1.87. The highest BCUT2D eigenvalue weighted by molar-refractivity contribution is 7.16. The molecule has 0 saturated carbocycles. The molecule has 0 unspecified atom stereocenters. The average molecular weight is 240 g/mol. The number of hydrogen-bond acceptors (Lipinski definition) is 3. The van der Waals surface area contributed by atoms with Crippen LogP contribution in [-0.4, -0.2) is 12.1 Å². The van der Waals surface area contributed by atoms with E-state index in [0.29, 0.717) is 5.88 Å². The maximum atomic E-state index is 5.06. The minimum atomic E-state index is 0.637. The van der Waals surface area contributed by atoms with E-state index in [4.69, 9.17) is 4.74 Å². The lowest BCUT2D eigenvalue weighted by atomic mass is 10.0. The van der Waals surface area contributed by atoms with Gasteiger partial charge in [0, 0.05) is 33.3 Å². The van der Waals surface area contributed by atoms with Gasteiger partial charge in [0.15, 0.2) is 0 Å². The van der Waals surface area contributed by atoms with Crippen LogP contribution in [0, 0.1) is 5.38 Å². The molecule has 0 aliphatic carbocycles. The standard InChI is InChI=1S/C14H10NOS/c1-16-14-6-5-10(9-15-14)11-3-2-4-13-12(11)7-8-17-13/h2-7,9H,1H3. The summed E-state index contributed by atoms with van der Waals surface area (Å²) in [6.45, 7) is 0. The molecule has 2 aromatic heterocycles. The number of fused-ring (bicyclic) bond motifs is 1. The monoisotopic (exact) mass is 240 g/mol. The molecule has 0 atom stereocenters. The van der Waals surface area contributed by atoms with Gasteiger partial charge in [0.1, 0.15) is 0 Å². The Kier molecular flexibility index (Phi) is 2.53. The third-order valence-electron chi connectivity index (χ3n) is 2.69. The SMILES string of the molecule is COc1ccc(-c2cccc3s[c]cc23)cn1. The van der Waals surface area contributed by atoms with E-state index < -0.39 is 0 Å². The maximum Gasteiger partial charge on any atom is 0.212 e. The maximum absolute atomic E-state index is 5.06. The van der Waals surface area contributed by atoms with Gasteiger partial charge >= 0.3 is 0 Å². The van der Waals surface area contributed by atoms with Crippen LogP contribution in [0.5, 0.6) is 5.88 Å². The molecule has 1 aromatic carbocycles. The van der Waals surface area contributed by atoms with Gasteiger partial charge in [0.05, 0.1) is 7.11 Å². The normalized spacial score (nSPS) is 10.6. The van der Waals surface area contributed by atoms with E-state index in [9.17, 15) is 0 Å². The van der Waals surface area contributed by atoms with Crippen LogP contribution in [-0.2, 0) is 0 Å². The summed E-state index contributed by atoms with van der Waals surface area (Å²) in [6.07, 6.45) is 1.84. The topological polar surface area (TPSA) is 22.1 Å². The molecule has 83 valence electrons. The molecule has 0 bridgehead atoms. The fourth-order valence-electron chi connectivity index (χ4n) is 1.85. The van der Waals surface area contributed by atoms with Crippen molar-refractivity contribution in [3.05, 3.63) is 48.0 Å². The zero-order valence-corrected chi connectivity index (χ0v) is 10.1. The van der Waals surface area contributed by atoms with Gasteiger partial charge in [-0.25, -0.2) is 4.98 Å². The number of hydrogen-bond donors (Lipinski definition) is 0. The number of rotatable bonds is 2. The van der Waals surface area contributed by atoms with Crippen molar-refractivity contribution in [1.82, 2.24) is 4.98 Å². The lowest BCUT2D eigenvalue weighted by molar-refractivity contribution is 0.398. The van der Waals surface area contributed by atoms with Gasteiger partial charge in [-0.2, -0.15) is 0 Å². The second-order valence-corrected chi connectivity index (χ2v) is 4.55. The number of ether oxygens (including phenoxy) is 1. The molecule has 2 nitrogen and oxygen atoms in total. The van der Waals surface area contributed by atoms with Gasteiger partial charge in [-0.15, -0.1) is 11.3 Å². The molecule has 0 spiro atoms. The van der Waals surface area contributed by atoms with Crippen LogP contribution in [0.25, 0.3) is 21.2 Å². The molecule has 3 rings (SSSR count). The summed E-state index contributed by atoms with van der Waals surface area (Å²) in [5.74, 6) is 0.637. The van der Waals surface area contributed by atoms with Crippen molar-refractivity contribution < 1.29 is 4.74 Å². The van der Waals surface area contributed by atoms with Crippen molar-refractivity contribution in [3.63, 3.8) is 0 Å². The van der Waals surface area contributed by atoms with Gasteiger partial charge in [-0.1, -0.05) is 12.1 Å². The summed E-state index contributed by atoms with van der Waals surface area (Å²) < 4.78 is 6.31. The Labute approximate surface area is 104 Å². The smallest absolute Gasteiger partial charge is 0.212 e. The first-order valence-corrected chi connectivity index (χ1v) is 6.09. The Morgan fingerprint density at radius 2 is 2.18 bits per heavy atom. The Morgan fingerprint density at radius 3 is 2.94 bits per heavy atom. The number of nitrogens with zero attached hydrogens (tertiary/aromatic N) is 1. The van der Waals surface area contributed by atoms with Gasteiger partial charge in [-0.05, 0) is 23.8 Å². The van der Waals surface area contributed by atoms with Crippen molar-refractivity contribution in [2.75, 3.05) is 7.11 Å². The van der Waals surface area contributed by atoms with Crippen LogP contribution in [0.2, 0.25) is 0 Å². The zero-order valence-electron chi connectivity index (χ0n) is 9.31. The van der Waals surface area contributed by atoms with Crippen molar-refractivity contribution in [3.8, 4) is 17.0 Å². The van der Waals surface area contributed by atoms with Crippen LogP contribution in [0.1, 0.15) is 0 Å². The summed E-state index contributed by atoms with van der Waals surface area (Å²) in [7, 11) is 1.62. The number of methoxy groups -OCH3 is 1. The molecule has 0 amide bonds. The Bertz CT molecular complexity index is 643. The minimum absolute atomic E-state index is 0.637. The second-order valence-electron chi connectivity index (χ2n) is 3.67. The highest BCUT2D eigenvalue weighted by atomic mass is 32.1. The Morgan fingerprint density at radius 1 is 1.24 bits per heavy atom. The number of aromatic nitrogens is 1. The molecule has 0 N–H and O–H groups in total. The summed E-state index contributed by atoms with van der Waals surface area (Å²) in [5.41, 5.74) is 2.29. The van der Waals surface area contributed by atoms with E-state index in [1.807, 2.05) is 24.4 Å². The first kappa shape index (κ1) is 10.3. The van der Waals surface area contributed by atoms with Crippen molar-refractivity contribution in [1.29, 1.82) is 0 Å². The molecule has 2 heterocycles. The summed E-state index contributed by atoms with van der Waals surface area (Å²) >= 11 is 1.63. The molecule has 17 heavy (non-hydrogen) atoms. The molecule has 0 fully saturated rings. The van der Waals surface area contributed by atoms with E-state index in [-0.39, 0.29) is 0 Å². The summed E-state index contributed by atoms with van der Waals surface area (Å²) in [6, 6.07) is 12.2. The summed E-state index contributed by atoms with van der Waals surface area (Å²) in [5, 5.41) is 4.39. The molecule has 1 radical (unpaired) electrons. The zero-order chi connectivity index (χ0) is 11.7. The van der Waals surface area contributed by atoms with Gasteiger partial charge in [0.25, 0.3) is 0 Å². The van der Waals surface area contributed by atoms with Crippen LogP contribution < -0.4 is 4.74 Å². The average Bonchev–Trinajstić information content (AvgIpc) is 2.87. The quantitative estimate of drug-likeness (QED) is 0.680. The lowest BCUT2D eigenvalue weighted by Crippen LogP contribution is -1.87. The van der Waals surface area contributed by atoms with Crippen molar-refractivity contribution in [2.24, 2.45) is 0 Å². The lowest BCUT2D eigenvalue weighted by Gasteiger charge is -2.04. The molecular formula is C14H10NOS. The molecule has 3 aromatic rings. The second kappa shape index (κ2) is 4.18. The van der Waals surface area contributed by atoms with Crippen molar-refractivity contribution in [2.45, 2.75) is 0 Å². The number of pyridine rings is 1. The molecule has 3 heteroatoms. The highest BCUT2D eigenvalue weighted by Crippen LogP contribution is 2.31. The fraction of sp³-hybridized carbons (Fsp3) is 0.0714. The molecule has 0 aliphatic rings. The van der Waals surface area contributed by atoms with Crippen LogP contribution >= 0.6 is 11.3 Å². The van der Waals surface area contributed by atoms with Crippen LogP contribution in [0.4, 0.5) is 0 Å². The predicted octanol–water partition coefficient (Wildman–Crippen LogP) is 3.77. The van der Waals surface area contributed by atoms with Gasteiger partial charge in [0.2, 0.25) is 5.88 Å². The highest BCUT2D eigenvalue weighted by Gasteiger charge is 2.05. The molecule has 0 saturated heterocycles. The third-order valence-corrected chi connectivity index (χ3v) is 3.51. The van der Waals surface area contributed by atoms with E-state index in [1.165, 1.54) is 15.6 Å². The molecule has 0 aliphatic heterocycles. The van der Waals surface area contributed by atoms with Crippen molar-refractivity contribution >= 4 is 21.4 Å². The molecular weight excluding hydrogens is 230 g/mol. The Balaban J connectivity index is 2.16. The third kappa shape index (κ3) is 1.78. The number of benzene rings is 1. The number of thiophene rings is 1. The first-order valence-electron chi connectivity index (χ1n) is 5.27. The van der Waals surface area contributed by atoms with E-state index >= 15 is 0 Å². The van der Waals surface area contributed by atoms with E-state index in [1.54, 1.807) is 18.4 Å². The summed E-state index contributed by atoms with van der Waals surface area (Å²) in [4.78, 5) is 4.24. The minimum Gasteiger partial charge on any atom is -0.481 e. The van der Waals surface area contributed by atoms with E-state index in [0.717, 1.165) is 5.56 Å². The van der Waals surface area contributed by atoms with E-state index in [2.05, 4.69) is 28.6 Å². The predicted molar refractivity (Wildman–Crippen MR) is 70.4 cm³/mol. The van der Waals surface area contributed by atoms with Gasteiger partial charge < -0.3 is 4.74 Å². The first-order chi connectivity index (χ1) is 8.38. The fourth-order valence-corrected chi connectivity index (χ4v) is 2.58. The van der Waals surface area contributed by atoms with Gasteiger partial charge in [-0.3, -0.25) is 0 Å².